The molecule has 2 aliphatic rings. The molecular weight excluding hydrogens is 250 g/mol. The lowest BCUT2D eigenvalue weighted by atomic mass is 10.2. The lowest BCUT2D eigenvalue weighted by Gasteiger charge is -2.03. The van der Waals surface area contributed by atoms with Gasteiger partial charge in [-0.1, -0.05) is 6.92 Å². The van der Waals surface area contributed by atoms with Crippen LogP contribution in [-0.2, 0) is 9.47 Å². The van der Waals surface area contributed by atoms with E-state index in [9.17, 15) is 4.79 Å². The van der Waals surface area contributed by atoms with Gasteiger partial charge in [-0.2, -0.15) is 0 Å². The summed E-state index contributed by atoms with van der Waals surface area (Å²) in [5.41, 5.74) is 0. The third kappa shape index (κ3) is 2.57. The molecule has 1 aliphatic heterocycles. The van der Waals surface area contributed by atoms with Gasteiger partial charge in [0, 0.05) is 6.61 Å². The minimum absolute atomic E-state index is 0.0833. The molecule has 1 saturated heterocycles. The number of nitrogens with zero attached hydrogens (tertiary/aromatic N) is 1. The van der Waals surface area contributed by atoms with E-state index in [-0.39, 0.29) is 12.1 Å². The Morgan fingerprint density at radius 2 is 2.50 bits per heavy atom. The molecule has 0 unspecified atom stereocenters. The Kier molecular flexibility index (Phi) is 3.35. The summed E-state index contributed by atoms with van der Waals surface area (Å²) in [6.45, 7) is 3.53. The number of carbonyl (C=O) groups is 1. The van der Waals surface area contributed by atoms with Gasteiger partial charge in [0.1, 0.15) is 16.0 Å². The normalized spacial score (nSPS) is 30.4. The summed E-state index contributed by atoms with van der Waals surface area (Å²) >= 11 is 1.40. The van der Waals surface area contributed by atoms with E-state index in [0.29, 0.717) is 23.3 Å². The monoisotopic (exact) mass is 267 g/mol. The van der Waals surface area contributed by atoms with Crippen LogP contribution in [0.5, 0.6) is 0 Å². The first-order valence-electron chi connectivity index (χ1n) is 6.48. The van der Waals surface area contributed by atoms with Crippen molar-refractivity contribution in [1.82, 2.24) is 4.98 Å². The summed E-state index contributed by atoms with van der Waals surface area (Å²) in [6, 6.07) is 0. The molecule has 1 aromatic rings. The fourth-order valence-corrected chi connectivity index (χ4v) is 3.08. The van der Waals surface area contributed by atoms with Gasteiger partial charge in [0.2, 0.25) is 0 Å². The summed E-state index contributed by atoms with van der Waals surface area (Å²) in [5, 5.41) is 0.902. The molecule has 5 heteroatoms. The largest absolute Gasteiger partial charge is 0.461 e. The number of hydrogen-bond donors (Lipinski definition) is 0. The third-order valence-electron chi connectivity index (χ3n) is 3.63. The third-order valence-corrected chi connectivity index (χ3v) is 4.70. The Morgan fingerprint density at radius 1 is 1.67 bits per heavy atom. The predicted octanol–water partition coefficient (Wildman–Crippen LogP) is 2.81. The van der Waals surface area contributed by atoms with Gasteiger partial charge in [-0.05, 0) is 31.1 Å². The fraction of sp³-hybridized carbons (Fsp3) is 0.692. The second-order valence-electron chi connectivity index (χ2n) is 5.14. The number of esters is 1. The van der Waals surface area contributed by atoms with Crippen LogP contribution in [0.3, 0.4) is 0 Å². The van der Waals surface area contributed by atoms with Crippen molar-refractivity contribution in [3.05, 3.63) is 16.1 Å². The van der Waals surface area contributed by atoms with E-state index >= 15 is 0 Å². The number of rotatable bonds is 4. The van der Waals surface area contributed by atoms with E-state index in [0.717, 1.165) is 24.5 Å². The summed E-state index contributed by atoms with van der Waals surface area (Å²) in [7, 11) is 0. The van der Waals surface area contributed by atoms with Crippen molar-refractivity contribution in [2.24, 2.45) is 11.8 Å². The molecule has 3 rings (SSSR count). The standard InChI is InChI=1S/C13H17NO3S/c1-8-5-9(8)7-17-13(15)11-6-14-12(18-11)10-3-2-4-16-10/h6,8-10H,2-5,7H2,1H3/t8-,9-,10+/m1/s1. The van der Waals surface area contributed by atoms with E-state index in [1.165, 1.54) is 17.8 Å². The molecule has 0 aromatic carbocycles. The van der Waals surface area contributed by atoms with Crippen LogP contribution in [0.1, 0.15) is 47.0 Å². The van der Waals surface area contributed by atoms with Crippen LogP contribution in [-0.4, -0.2) is 24.2 Å². The summed E-state index contributed by atoms with van der Waals surface area (Å²) < 4.78 is 10.8. The van der Waals surface area contributed by atoms with Crippen molar-refractivity contribution in [2.45, 2.75) is 32.3 Å². The molecule has 1 aromatic heterocycles. The maximum atomic E-state index is 11.8. The fourth-order valence-electron chi connectivity index (χ4n) is 2.19. The Bertz CT molecular complexity index is 439. The van der Waals surface area contributed by atoms with Gasteiger partial charge in [-0.3, -0.25) is 0 Å². The van der Waals surface area contributed by atoms with Crippen molar-refractivity contribution in [1.29, 1.82) is 0 Å². The summed E-state index contributed by atoms with van der Waals surface area (Å²) in [4.78, 5) is 16.7. The van der Waals surface area contributed by atoms with Gasteiger partial charge < -0.3 is 9.47 Å². The van der Waals surface area contributed by atoms with Crippen molar-refractivity contribution in [3.63, 3.8) is 0 Å². The number of thiazole rings is 1. The molecule has 2 heterocycles. The number of aromatic nitrogens is 1. The van der Waals surface area contributed by atoms with Crippen LogP contribution in [0.25, 0.3) is 0 Å². The Hall–Kier alpha value is -0.940. The molecule has 0 radical (unpaired) electrons. The van der Waals surface area contributed by atoms with Crippen LogP contribution >= 0.6 is 11.3 Å². The van der Waals surface area contributed by atoms with Gasteiger partial charge in [-0.25, -0.2) is 9.78 Å². The minimum Gasteiger partial charge on any atom is -0.461 e. The molecule has 0 N–H and O–H groups in total. The zero-order valence-corrected chi connectivity index (χ0v) is 11.2. The van der Waals surface area contributed by atoms with E-state index in [4.69, 9.17) is 9.47 Å². The molecule has 1 saturated carbocycles. The van der Waals surface area contributed by atoms with E-state index in [2.05, 4.69) is 11.9 Å². The van der Waals surface area contributed by atoms with Crippen LogP contribution < -0.4 is 0 Å². The first-order chi connectivity index (χ1) is 8.74. The minimum atomic E-state index is -0.240. The molecule has 1 aliphatic carbocycles. The quantitative estimate of drug-likeness (QED) is 0.787. The average molecular weight is 267 g/mol. The van der Waals surface area contributed by atoms with Gasteiger partial charge in [-0.15, -0.1) is 11.3 Å². The molecule has 98 valence electrons. The number of carbonyl (C=O) groups excluding carboxylic acids is 1. The van der Waals surface area contributed by atoms with Gasteiger partial charge >= 0.3 is 5.97 Å². The topological polar surface area (TPSA) is 48.4 Å². The predicted molar refractivity (Wildman–Crippen MR) is 67.6 cm³/mol. The first kappa shape index (κ1) is 12.1. The Morgan fingerprint density at radius 3 is 3.17 bits per heavy atom. The molecular formula is C13H17NO3S. The van der Waals surface area contributed by atoms with Crippen molar-refractivity contribution in [2.75, 3.05) is 13.2 Å². The Labute approximate surface area is 110 Å². The molecule has 3 atom stereocenters. The van der Waals surface area contributed by atoms with Gasteiger partial charge in [0.25, 0.3) is 0 Å². The summed E-state index contributed by atoms with van der Waals surface area (Å²) in [5.74, 6) is 1.04. The van der Waals surface area contributed by atoms with Crippen molar-refractivity contribution >= 4 is 17.3 Å². The van der Waals surface area contributed by atoms with Crippen molar-refractivity contribution in [3.8, 4) is 0 Å². The highest BCUT2D eigenvalue weighted by Gasteiger charge is 2.34. The van der Waals surface area contributed by atoms with E-state index in [1.54, 1.807) is 6.20 Å². The summed E-state index contributed by atoms with van der Waals surface area (Å²) in [6.07, 6.45) is 4.95. The molecule has 0 bridgehead atoms. The van der Waals surface area contributed by atoms with Crippen molar-refractivity contribution < 1.29 is 14.3 Å². The highest BCUT2D eigenvalue weighted by atomic mass is 32.1. The average Bonchev–Trinajstić information content (AvgIpc) is 2.83. The molecule has 4 nitrogen and oxygen atoms in total. The van der Waals surface area contributed by atoms with Gasteiger partial charge in [0.05, 0.1) is 12.8 Å². The second kappa shape index (κ2) is 4.97. The molecule has 18 heavy (non-hydrogen) atoms. The van der Waals surface area contributed by atoms with Gasteiger partial charge in [0.15, 0.2) is 0 Å². The van der Waals surface area contributed by atoms with Crippen LogP contribution in [0.2, 0.25) is 0 Å². The van der Waals surface area contributed by atoms with Crippen LogP contribution in [0.4, 0.5) is 0 Å². The van der Waals surface area contributed by atoms with Crippen LogP contribution in [0.15, 0.2) is 6.20 Å². The molecule has 2 fully saturated rings. The van der Waals surface area contributed by atoms with Crippen LogP contribution in [0, 0.1) is 11.8 Å². The van der Waals surface area contributed by atoms with E-state index < -0.39 is 0 Å². The lowest BCUT2D eigenvalue weighted by molar-refractivity contribution is 0.0487. The molecule has 0 spiro atoms. The highest BCUT2D eigenvalue weighted by Crippen LogP contribution is 2.38. The maximum absolute atomic E-state index is 11.8. The smallest absolute Gasteiger partial charge is 0.349 e. The number of ether oxygens (including phenoxy) is 2. The second-order valence-corrected chi connectivity index (χ2v) is 6.20. The number of hydrogen-bond acceptors (Lipinski definition) is 5. The Balaban J connectivity index is 1.56. The zero-order valence-electron chi connectivity index (χ0n) is 10.4. The lowest BCUT2D eigenvalue weighted by Crippen LogP contribution is -2.06. The highest BCUT2D eigenvalue weighted by molar-refractivity contribution is 7.13. The van der Waals surface area contributed by atoms with E-state index in [1.807, 2.05) is 0 Å². The SMILES string of the molecule is C[C@@H]1C[C@@H]1COC(=O)c1cnc([C@@H]2CCCO2)s1. The maximum Gasteiger partial charge on any atom is 0.349 e. The first-order valence-corrected chi connectivity index (χ1v) is 7.30. The molecule has 0 amide bonds. The zero-order chi connectivity index (χ0) is 12.5.